The van der Waals surface area contributed by atoms with E-state index in [9.17, 15) is 21.9 Å². The van der Waals surface area contributed by atoms with Crippen LogP contribution in [0.25, 0.3) is 0 Å². The zero-order chi connectivity index (χ0) is 9.99. The monoisotopic (exact) mass is 216 g/mol. The minimum absolute atomic E-state index is 0.188. The van der Waals surface area contributed by atoms with Crippen molar-refractivity contribution in [1.29, 1.82) is 0 Å². The lowest BCUT2D eigenvalue weighted by Gasteiger charge is -2.14. The molecule has 0 unspecified atom stereocenters. The Morgan fingerprint density at radius 2 is 1.33 bits per heavy atom. The van der Waals surface area contributed by atoms with Gasteiger partial charge in [0.1, 0.15) is 0 Å². The second-order valence-corrected chi connectivity index (χ2v) is 6.27. The molecule has 0 heterocycles. The van der Waals surface area contributed by atoms with E-state index in [2.05, 4.69) is 0 Å². The first-order valence-corrected chi connectivity index (χ1v) is 6.65. The molecule has 0 aromatic heterocycles. The molecular weight excluding hydrogens is 206 g/mol. The van der Waals surface area contributed by atoms with Crippen molar-refractivity contribution in [3.8, 4) is 0 Å². The Labute approximate surface area is 71.9 Å². The highest BCUT2D eigenvalue weighted by Crippen LogP contribution is 2.03. The van der Waals surface area contributed by atoms with Gasteiger partial charge in [0.2, 0.25) is 20.0 Å². The van der Waals surface area contributed by atoms with Gasteiger partial charge < -0.3 is 0 Å². The van der Waals surface area contributed by atoms with Crippen LogP contribution in [0.2, 0.25) is 0 Å². The highest BCUT2D eigenvalue weighted by Gasteiger charge is 2.25. The van der Waals surface area contributed by atoms with Gasteiger partial charge in [-0.15, -0.1) is 0 Å². The number of hydrogen-bond donors (Lipinski definition) is 0. The van der Waals surface area contributed by atoms with Crippen LogP contribution in [0.3, 0.4) is 0 Å². The van der Waals surface area contributed by atoms with Gasteiger partial charge in [-0.2, -0.15) is 0 Å². The number of rotatable bonds is 4. The molecule has 0 aromatic carbocycles. The van der Waals surface area contributed by atoms with Crippen molar-refractivity contribution < 1.29 is 21.9 Å². The Hall–Kier alpha value is -0.180. The number of sulfonamides is 2. The third-order valence-corrected chi connectivity index (χ3v) is 4.48. The molecule has 0 rings (SSSR count). The molecule has 0 saturated heterocycles. The molecule has 0 bridgehead atoms. The zero-order valence-corrected chi connectivity index (χ0v) is 8.35. The molecule has 0 N–H and O–H groups in total. The van der Waals surface area contributed by atoms with Gasteiger partial charge in [-0.25, -0.2) is 21.9 Å². The summed E-state index contributed by atoms with van der Waals surface area (Å²) in [5.41, 5.74) is 0. The van der Waals surface area contributed by atoms with Crippen LogP contribution < -0.4 is 0 Å². The fourth-order valence-electron chi connectivity index (χ4n) is 0.652. The molecule has 1 radical (unpaired) electrons. The molecule has 0 aromatic rings. The topological polar surface area (TPSA) is 91.4 Å². The summed E-state index contributed by atoms with van der Waals surface area (Å²) in [4.78, 5) is 0. The van der Waals surface area contributed by atoms with E-state index in [0.29, 0.717) is 0 Å². The first-order chi connectivity index (χ1) is 5.19. The van der Waals surface area contributed by atoms with Gasteiger partial charge in [-0.05, 0) is 0 Å². The Morgan fingerprint density at radius 3 is 1.42 bits per heavy atom. The SMILES string of the molecule is CS(=O)(=O)N(CC[O])S(C)(=O)=O. The molecular formula is C4H10NO5S2. The Kier molecular flexibility index (Phi) is 3.63. The van der Waals surface area contributed by atoms with Crippen molar-refractivity contribution >= 4 is 20.0 Å². The maximum Gasteiger partial charge on any atom is 0.224 e. The number of hydrogen-bond acceptors (Lipinski definition) is 4. The summed E-state index contributed by atoms with van der Waals surface area (Å²) in [7, 11) is -7.68. The van der Waals surface area contributed by atoms with Gasteiger partial charge in [0, 0.05) is 0 Å². The minimum atomic E-state index is -3.84. The van der Waals surface area contributed by atoms with Crippen molar-refractivity contribution in [2.24, 2.45) is 0 Å². The molecule has 0 amide bonds. The molecule has 0 aliphatic heterocycles. The number of nitrogens with zero attached hydrogens (tertiary/aromatic N) is 1. The first-order valence-electron chi connectivity index (χ1n) is 2.95. The molecule has 0 spiro atoms. The van der Waals surface area contributed by atoms with E-state index in [1.54, 1.807) is 0 Å². The van der Waals surface area contributed by atoms with Crippen LogP contribution in [0.1, 0.15) is 0 Å². The van der Waals surface area contributed by atoms with Gasteiger partial charge >= 0.3 is 0 Å². The fourth-order valence-corrected chi connectivity index (χ4v) is 3.43. The summed E-state index contributed by atoms with van der Waals surface area (Å²) in [6, 6.07) is 0. The van der Waals surface area contributed by atoms with Crippen LogP contribution in [0.4, 0.5) is 0 Å². The highest BCUT2D eigenvalue weighted by atomic mass is 32.3. The third kappa shape index (κ3) is 3.48. The summed E-state index contributed by atoms with van der Waals surface area (Å²) in [5.74, 6) is 0. The van der Waals surface area contributed by atoms with E-state index < -0.39 is 33.2 Å². The smallest absolute Gasteiger partial charge is 0.224 e. The van der Waals surface area contributed by atoms with Crippen LogP contribution in [-0.4, -0.2) is 46.2 Å². The van der Waals surface area contributed by atoms with Crippen molar-refractivity contribution in [3.63, 3.8) is 0 Å². The molecule has 0 fully saturated rings. The molecule has 0 saturated carbocycles. The predicted molar refractivity (Wildman–Crippen MR) is 41.9 cm³/mol. The van der Waals surface area contributed by atoms with Crippen molar-refractivity contribution in [1.82, 2.24) is 3.71 Å². The van der Waals surface area contributed by atoms with Gasteiger partial charge in [-0.3, -0.25) is 0 Å². The maximum atomic E-state index is 10.8. The lowest BCUT2D eigenvalue weighted by atomic mass is 10.8. The minimum Gasteiger partial charge on any atom is -0.235 e. The molecule has 0 aliphatic carbocycles. The van der Waals surface area contributed by atoms with Crippen molar-refractivity contribution in [2.45, 2.75) is 0 Å². The summed E-state index contributed by atoms with van der Waals surface area (Å²) in [5, 5.41) is 10.1. The van der Waals surface area contributed by atoms with Gasteiger partial charge in [0.15, 0.2) is 0 Å². The van der Waals surface area contributed by atoms with Crippen LogP contribution >= 0.6 is 0 Å². The Bertz CT molecular complexity index is 296. The quantitative estimate of drug-likeness (QED) is 0.580. The van der Waals surface area contributed by atoms with E-state index in [-0.39, 0.29) is 3.71 Å². The van der Waals surface area contributed by atoms with E-state index >= 15 is 0 Å². The average Bonchev–Trinajstić information content (AvgIpc) is 1.77. The molecule has 6 nitrogen and oxygen atoms in total. The maximum absolute atomic E-state index is 10.8. The Morgan fingerprint density at radius 1 is 1.00 bits per heavy atom. The van der Waals surface area contributed by atoms with E-state index in [4.69, 9.17) is 0 Å². The first kappa shape index (κ1) is 11.8. The second kappa shape index (κ2) is 3.69. The van der Waals surface area contributed by atoms with Gasteiger partial charge in [0.05, 0.1) is 25.7 Å². The second-order valence-electron chi connectivity index (χ2n) is 2.23. The molecule has 8 heteroatoms. The molecule has 12 heavy (non-hydrogen) atoms. The van der Waals surface area contributed by atoms with Crippen LogP contribution in [0, 0.1) is 0 Å². The normalized spacial score (nSPS) is 13.7. The Balaban J connectivity index is 4.97. The van der Waals surface area contributed by atoms with Gasteiger partial charge in [0.25, 0.3) is 0 Å². The summed E-state index contributed by atoms with van der Waals surface area (Å²) >= 11 is 0. The summed E-state index contributed by atoms with van der Waals surface area (Å²) < 4.78 is 43.3. The lowest BCUT2D eigenvalue weighted by molar-refractivity contribution is 0.187. The average molecular weight is 216 g/mol. The zero-order valence-electron chi connectivity index (χ0n) is 6.72. The van der Waals surface area contributed by atoms with Gasteiger partial charge in [-0.1, -0.05) is 3.71 Å². The van der Waals surface area contributed by atoms with Crippen LogP contribution in [0.5, 0.6) is 0 Å². The van der Waals surface area contributed by atoms with Crippen molar-refractivity contribution in [3.05, 3.63) is 0 Å². The van der Waals surface area contributed by atoms with Crippen molar-refractivity contribution in [2.75, 3.05) is 25.7 Å². The largest absolute Gasteiger partial charge is 0.235 e. The predicted octanol–water partition coefficient (Wildman–Crippen LogP) is -1.36. The van der Waals surface area contributed by atoms with E-state index in [1.807, 2.05) is 0 Å². The highest BCUT2D eigenvalue weighted by molar-refractivity contribution is 8.03. The van der Waals surface area contributed by atoms with E-state index in [1.165, 1.54) is 0 Å². The molecule has 0 aliphatic rings. The summed E-state index contributed by atoms with van der Waals surface area (Å²) in [6.45, 7) is -1.32. The van der Waals surface area contributed by atoms with Crippen LogP contribution in [-0.2, 0) is 25.2 Å². The third-order valence-electron chi connectivity index (χ3n) is 1.01. The van der Waals surface area contributed by atoms with Crippen LogP contribution in [0.15, 0.2) is 0 Å². The standard InChI is InChI=1S/C4H10NO5S2/c1-11(7,8)5(3-4-6)12(2,9)10/h3-4H2,1-2H3. The lowest BCUT2D eigenvalue weighted by Crippen LogP contribution is -2.37. The molecule has 73 valence electrons. The van der Waals surface area contributed by atoms with E-state index in [0.717, 1.165) is 12.5 Å². The summed E-state index contributed by atoms with van der Waals surface area (Å²) in [6.07, 6.45) is 1.48. The fraction of sp³-hybridized carbons (Fsp3) is 1.00. The molecule has 0 atom stereocenters.